The van der Waals surface area contributed by atoms with Crippen molar-refractivity contribution >= 4 is 34.7 Å². The Morgan fingerprint density at radius 1 is 1.09 bits per heavy atom. The van der Waals surface area contributed by atoms with Crippen molar-refractivity contribution < 1.29 is 9.59 Å². The summed E-state index contributed by atoms with van der Waals surface area (Å²) in [4.78, 5) is 25.2. The zero-order chi connectivity index (χ0) is 15.7. The molecule has 1 amide bonds. The van der Waals surface area contributed by atoms with Crippen LogP contribution in [0.2, 0.25) is 5.02 Å². The number of hydrogen-bond donors (Lipinski definition) is 0. The van der Waals surface area contributed by atoms with Crippen molar-refractivity contribution in [3.63, 3.8) is 0 Å². The Kier molecular flexibility index (Phi) is 3.77. The van der Waals surface area contributed by atoms with E-state index in [1.807, 2.05) is 18.2 Å². The Morgan fingerprint density at radius 2 is 1.73 bits per heavy atom. The Labute approximate surface area is 133 Å². The summed E-state index contributed by atoms with van der Waals surface area (Å²) in [7, 11) is 0. The van der Waals surface area contributed by atoms with Crippen LogP contribution in [0.5, 0.6) is 0 Å². The molecule has 1 aliphatic heterocycles. The van der Waals surface area contributed by atoms with E-state index in [-0.39, 0.29) is 11.7 Å². The molecule has 0 saturated heterocycles. The zero-order valence-corrected chi connectivity index (χ0v) is 12.6. The van der Waals surface area contributed by atoms with Crippen molar-refractivity contribution in [2.45, 2.75) is 6.92 Å². The molecule has 0 N–H and O–H groups in total. The summed E-state index contributed by atoms with van der Waals surface area (Å²) in [6.07, 6.45) is 0. The van der Waals surface area contributed by atoms with E-state index in [4.69, 9.17) is 11.6 Å². The van der Waals surface area contributed by atoms with Crippen LogP contribution in [0.15, 0.2) is 59.7 Å². The van der Waals surface area contributed by atoms with Gasteiger partial charge in [-0.1, -0.05) is 41.9 Å². The third-order valence-electron chi connectivity index (χ3n) is 3.53. The van der Waals surface area contributed by atoms with Crippen LogP contribution in [0.3, 0.4) is 0 Å². The lowest BCUT2D eigenvalue weighted by Crippen LogP contribution is -2.32. The number of hydrogen-bond acceptors (Lipinski definition) is 3. The number of carbonyl (C=O) groups is 2. The third kappa shape index (κ3) is 2.42. The van der Waals surface area contributed by atoms with E-state index < -0.39 is 5.92 Å². The van der Waals surface area contributed by atoms with Gasteiger partial charge in [0.15, 0.2) is 5.78 Å². The molecule has 0 aliphatic carbocycles. The van der Waals surface area contributed by atoms with Gasteiger partial charge in [0.05, 0.1) is 16.4 Å². The van der Waals surface area contributed by atoms with Gasteiger partial charge >= 0.3 is 0 Å². The highest BCUT2D eigenvalue weighted by Crippen LogP contribution is 2.27. The minimum atomic E-state index is -0.917. The predicted octanol–water partition coefficient (Wildman–Crippen LogP) is 3.56. The van der Waals surface area contributed by atoms with Crippen LogP contribution in [0, 0.1) is 5.92 Å². The normalized spacial score (nSPS) is 17.5. The number of rotatable bonds is 3. The molecular weight excluding hydrogens is 300 g/mol. The van der Waals surface area contributed by atoms with Crippen LogP contribution >= 0.6 is 11.6 Å². The first-order chi connectivity index (χ1) is 10.6. The summed E-state index contributed by atoms with van der Waals surface area (Å²) in [5, 5.41) is 5.85. The zero-order valence-electron chi connectivity index (χ0n) is 11.9. The smallest absolute Gasteiger partial charge is 0.264 e. The maximum atomic E-state index is 12.7. The quantitative estimate of drug-likeness (QED) is 0.642. The van der Waals surface area contributed by atoms with E-state index in [9.17, 15) is 9.59 Å². The minimum Gasteiger partial charge on any atom is -0.293 e. The molecule has 1 heterocycles. The highest BCUT2D eigenvalue weighted by molar-refractivity contribution is 6.37. The van der Waals surface area contributed by atoms with E-state index in [1.54, 1.807) is 43.3 Å². The maximum Gasteiger partial charge on any atom is 0.264 e. The van der Waals surface area contributed by atoms with E-state index in [0.29, 0.717) is 22.0 Å². The number of Topliss-reactive ketones (excluding diaryl/α,β-unsaturated/α-hetero) is 1. The first-order valence-electron chi connectivity index (χ1n) is 6.82. The van der Waals surface area contributed by atoms with Crippen molar-refractivity contribution in [3.8, 4) is 0 Å². The van der Waals surface area contributed by atoms with Crippen LogP contribution < -0.4 is 5.01 Å². The highest BCUT2D eigenvalue weighted by atomic mass is 35.5. The van der Waals surface area contributed by atoms with E-state index in [1.165, 1.54) is 5.01 Å². The second kappa shape index (κ2) is 5.73. The Morgan fingerprint density at radius 3 is 2.41 bits per heavy atom. The van der Waals surface area contributed by atoms with E-state index in [0.717, 1.165) is 0 Å². The number of hydrazone groups is 1. The van der Waals surface area contributed by atoms with Crippen LogP contribution in [-0.2, 0) is 4.79 Å². The number of anilines is 1. The molecule has 2 aromatic rings. The van der Waals surface area contributed by atoms with Crippen LogP contribution in [0.1, 0.15) is 17.3 Å². The standard InChI is InChI=1S/C17H13ClN2O2/c1-11-15(16(21)13-9-5-6-10-14(13)18)17(22)20(19-11)12-7-3-2-4-8-12/h2-10,15H,1H3. The molecular formula is C17H13ClN2O2. The molecule has 0 fully saturated rings. The molecule has 0 bridgehead atoms. The first kappa shape index (κ1) is 14.5. The molecule has 0 spiro atoms. The summed E-state index contributed by atoms with van der Waals surface area (Å²) in [5.41, 5.74) is 1.45. The molecule has 110 valence electrons. The summed E-state index contributed by atoms with van der Waals surface area (Å²) in [6, 6.07) is 15.8. The number of nitrogens with zero attached hydrogens (tertiary/aromatic N) is 2. The number of para-hydroxylation sites is 1. The van der Waals surface area contributed by atoms with Gasteiger partial charge in [-0.2, -0.15) is 10.1 Å². The topological polar surface area (TPSA) is 49.7 Å². The lowest BCUT2D eigenvalue weighted by molar-refractivity contribution is -0.118. The van der Waals surface area contributed by atoms with E-state index in [2.05, 4.69) is 5.10 Å². The van der Waals surface area contributed by atoms with Gasteiger partial charge in [-0.25, -0.2) is 0 Å². The number of amides is 1. The lowest BCUT2D eigenvalue weighted by Gasteiger charge is -2.14. The number of benzene rings is 2. The van der Waals surface area contributed by atoms with Gasteiger partial charge in [-0.05, 0) is 31.2 Å². The molecule has 2 aromatic carbocycles. The van der Waals surface area contributed by atoms with Crippen molar-refractivity contribution in [2.75, 3.05) is 5.01 Å². The van der Waals surface area contributed by atoms with Crippen molar-refractivity contribution in [1.29, 1.82) is 0 Å². The number of halogens is 1. The molecule has 22 heavy (non-hydrogen) atoms. The average molecular weight is 313 g/mol. The molecule has 3 rings (SSSR count). The number of carbonyl (C=O) groups excluding carboxylic acids is 2. The fourth-order valence-corrected chi connectivity index (χ4v) is 2.67. The largest absolute Gasteiger partial charge is 0.293 e. The van der Waals surface area contributed by atoms with Gasteiger partial charge in [-0.15, -0.1) is 0 Å². The number of ketones is 1. The average Bonchev–Trinajstić information content (AvgIpc) is 2.83. The van der Waals surface area contributed by atoms with Crippen LogP contribution in [0.25, 0.3) is 0 Å². The summed E-state index contributed by atoms with van der Waals surface area (Å²) < 4.78 is 0. The Hall–Kier alpha value is -2.46. The van der Waals surface area contributed by atoms with Gasteiger partial charge < -0.3 is 0 Å². The summed E-state index contributed by atoms with van der Waals surface area (Å²) >= 11 is 6.06. The highest BCUT2D eigenvalue weighted by Gasteiger charge is 2.40. The first-order valence-corrected chi connectivity index (χ1v) is 7.20. The molecule has 0 aromatic heterocycles. The monoisotopic (exact) mass is 312 g/mol. The van der Waals surface area contributed by atoms with E-state index >= 15 is 0 Å². The fourth-order valence-electron chi connectivity index (χ4n) is 2.44. The Balaban J connectivity index is 1.94. The maximum absolute atomic E-state index is 12.7. The van der Waals surface area contributed by atoms with Crippen LogP contribution in [-0.4, -0.2) is 17.4 Å². The second-order valence-corrected chi connectivity index (χ2v) is 5.41. The molecule has 1 unspecified atom stereocenters. The third-order valence-corrected chi connectivity index (χ3v) is 3.86. The molecule has 0 saturated carbocycles. The molecule has 1 atom stereocenters. The summed E-state index contributed by atoms with van der Waals surface area (Å²) in [6.45, 7) is 1.68. The molecule has 1 aliphatic rings. The Bertz CT molecular complexity index is 771. The SMILES string of the molecule is CC1=NN(c2ccccc2)C(=O)C1C(=O)c1ccccc1Cl. The fraction of sp³-hybridized carbons (Fsp3) is 0.118. The van der Waals surface area contributed by atoms with Crippen LogP contribution in [0.4, 0.5) is 5.69 Å². The lowest BCUT2D eigenvalue weighted by atomic mass is 9.93. The molecule has 0 radical (unpaired) electrons. The van der Waals surface area contributed by atoms with Crippen molar-refractivity contribution in [3.05, 3.63) is 65.2 Å². The molecule has 4 nitrogen and oxygen atoms in total. The van der Waals surface area contributed by atoms with Gasteiger partial charge in [0.1, 0.15) is 5.92 Å². The predicted molar refractivity (Wildman–Crippen MR) is 86.3 cm³/mol. The van der Waals surface area contributed by atoms with Gasteiger partial charge in [0.25, 0.3) is 5.91 Å². The van der Waals surface area contributed by atoms with Crippen molar-refractivity contribution in [1.82, 2.24) is 0 Å². The van der Waals surface area contributed by atoms with Gasteiger partial charge in [-0.3, -0.25) is 9.59 Å². The van der Waals surface area contributed by atoms with Gasteiger partial charge in [0.2, 0.25) is 0 Å². The van der Waals surface area contributed by atoms with Gasteiger partial charge in [0, 0.05) is 5.56 Å². The van der Waals surface area contributed by atoms with Crippen molar-refractivity contribution in [2.24, 2.45) is 11.0 Å². The molecule has 5 heteroatoms. The second-order valence-electron chi connectivity index (χ2n) is 5.00. The minimum absolute atomic E-state index is 0.324. The summed E-state index contributed by atoms with van der Waals surface area (Å²) in [5.74, 6) is -1.59.